The Morgan fingerprint density at radius 2 is 1.82 bits per heavy atom. The molecule has 1 N–H and O–H groups in total. The molecule has 0 aliphatic rings. The Morgan fingerprint density at radius 1 is 1.03 bits per heavy atom. The summed E-state index contributed by atoms with van der Waals surface area (Å²) >= 11 is 5.95. The molecule has 1 amide bonds. The molecule has 4 aromatic rings. The van der Waals surface area contributed by atoms with Crippen LogP contribution < -0.4 is 10.1 Å². The van der Waals surface area contributed by atoms with Crippen molar-refractivity contribution in [3.05, 3.63) is 112 Å². The summed E-state index contributed by atoms with van der Waals surface area (Å²) in [5.41, 5.74) is 3.58. The van der Waals surface area contributed by atoms with Crippen LogP contribution >= 0.6 is 11.6 Å². The summed E-state index contributed by atoms with van der Waals surface area (Å²) < 4.78 is 6.03. The van der Waals surface area contributed by atoms with Crippen LogP contribution in [-0.2, 0) is 11.4 Å². The third kappa shape index (κ3) is 5.41. The largest absolute Gasteiger partial charge is 0.489 e. The highest BCUT2D eigenvalue weighted by Gasteiger charge is 2.10. The van der Waals surface area contributed by atoms with E-state index in [0.29, 0.717) is 23.1 Å². The van der Waals surface area contributed by atoms with E-state index in [1.807, 2.05) is 42.5 Å². The second kappa shape index (κ2) is 10.0. The molecule has 5 heteroatoms. The Kier molecular flexibility index (Phi) is 6.73. The molecule has 0 aromatic heterocycles. The van der Waals surface area contributed by atoms with Crippen LogP contribution in [-0.4, -0.2) is 5.91 Å². The molecule has 0 heterocycles. The van der Waals surface area contributed by atoms with Gasteiger partial charge in [-0.05, 0) is 65.2 Å². The standard InChI is InChI=1S/C28H21ClN2O2/c1-19-9-12-21-5-2-3-8-26(21)27(19)18-33-25-13-10-20(11-14-25)15-22(17-30)28(32)31-24-7-4-6-23(29)16-24/h2-16H,18H2,1H3,(H,31,32)/b22-15+. The highest BCUT2D eigenvalue weighted by molar-refractivity contribution is 6.31. The Hall–Kier alpha value is -4.07. The van der Waals surface area contributed by atoms with Crippen LogP contribution in [0, 0.1) is 18.3 Å². The second-order valence-corrected chi connectivity index (χ2v) is 8.01. The number of anilines is 1. The van der Waals surface area contributed by atoms with Crippen molar-refractivity contribution in [1.82, 2.24) is 0 Å². The van der Waals surface area contributed by atoms with Crippen LogP contribution in [0.1, 0.15) is 16.7 Å². The summed E-state index contributed by atoms with van der Waals surface area (Å²) in [6.07, 6.45) is 1.54. The SMILES string of the molecule is Cc1ccc2ccccc2c1COc1ccc(/C=C(\C#N)C(=O)Nc2cccc(Cl)c2)cc1. The molecule has 162 valence electrons. The average Bonchev–Trinajstić information content (AvgIpc) is 2.82. The number of nitrogens with one attached hydrogen (secondary N) is 1. The molecule has 0 bridgehead atoms. The molecular formula is C28H21ClN2O2. The van der Waals surface area contributed by atoms with Crippen LogP contribution in [0.25, 0.3) is 16.8 Å². The van der Waals surface area contributed by atoms with Gasteiger partial charge in [-0.25, -0.2) is 0 Å². The van der Waals surface area contributed by atoms with Crippen molar-refractivity contribution >= 4 is 40.0 Å². The lowest BCUT2D eigenvalue weighted by Gasteiger charge is -2.12. The van der Waals surface area contributed by atoms with Crippen LogP contribution in [0.2, 0.25) is 5.02 Å². The number of rotatable bonds is 6. The second-order valence-electron chi connectivity index (χ2n) is 7.57. The first-order valence-electron chi connectivity index (χ1n) is 10.4. The van der Waals surface area contributed by atoms with Crippen molar-refractivity contribution in [1.29, 1.82) is 5.26 Å². The van der Waals surface area contributed by atoms with E-state index >= 15 is 0 Å². The Balaban J connectivity index is 1.46. The summed E-state index contributed by atoms with van der Waals surface area (Å²) in [4.78, 5) is 12.5. The van der Waals surface area contributed by atoms with Gasteiger partial charge in [0.1, 0.15) is 24.0 Å². The van der Waals surface area contributed by atoms with Crippen LogP contribution in [0.4, 0.5) is 5.69 Å². The monoisotopic (exact) mass is 452 g/mol. The predicted octanol–water partition coefficient (Wildman–Crippen LogP) is 6.93. The highest BCUT2D eigenvalue weighted by Crippen LogP contribution is 2.24. The van der Waals surface area contributed by atoms with Gasteiger partial charge in [0.2, 0.25) is 0 Å². The molecule has 0 fully saturated rings. The molecule has 33 heavy (non-hydrogen) atoms. The average molecular weight is 453 g/mol. The van der Waals surface area contributed by atoms with Gasteiger partial charge in [0, 0.05) is 16.3 Å². The van der Waals surface area contributed by atoms with E-state index in [0.717, 1.165) is 11.1 Å². The van der Waals surface area contributed by atoms with Gasteiger partial charge in [-0.3, -0.25) is 4.79 Å². The van der Waals surface area contributed by atoms with E-state index < -0.39 is 5.91 Å². The van der Waals surface area contributed by atoms with Crippen molar-refractivity contribution in [3.63, 3.8) is 0 Å². The maximum absolute atomic E-state index is 12.5. The first-order chi connectivity index (χ1) is 16.0. The number of nitrogens with zero attached hydrogens (tertiary/aromatic N) is 1. The first kappa shape index (κ1) is 22.1. The van der Waals surface area contributed by atoms with E-state index in [4.69, 9.17) is 16.3 Å². The van der Waals surface area contributed by atoms with Crippen LogP contribution in [0.3, 0.4) is 0 Å². The number of carbonyl (C=O) groups excluding carboxylic acids is 1. The lowest BCUT2D eigenvalue weighted by molar-refractivity contribution is -0.112. The zero-order chi connectivity index (χ0) is 23.2. The van der Waals surface area contributed by atoms with Crippen molar-refractivity contribution in [2.75, 3.05) is 5.32 Å². The van der Waals surface area contributed by atoms with E-state index in [-0.39, 0.29) is 5.57 Å². The Morgan fingerprint density at radius 3 is 2.58 bits per heavy atom. The smallest absolute Gasteiger partial charge is 0.266 e. The van der Waals surface area contributed by atoms with Gasteiger partial charge in [0.25, 0.3) is 5.91 Å². The molecule has 0 spiro atoms. The molecule has 4 nitrogen and oxygen atoms in total. The van der Waals surface area contributed by atoms with Gasteiger partial charge in [-0.15, -0.1) is 0 Å². The zero-order valence-corrected chi connectivity index (χ0v) is 18.8. The van der Waals surface area contributed by atoms with E-state index in [2.05, 4.69) is 36.5 Å². The third-order valence-corrected chi connectivity index (χ3v) is 5.53. The number of carbonyl (C=O) groups is 1. The first-order valence-corrected chi connectivity index (χ1v) is 10.8. The molecule has 0 atom stereocenters. The van der Waals surface area contributed by atoms with Crippen molar-refractivity contribution in [3.8, 4) is 11.8 Å². The highest BCUT2D eigenvalue weighted by atomic mass is 35.5. The van der Waals surface area contributed by atoms with Gasteiger partial charge >= 0.3 is 0 Å². The van der Waals surface area contributed by atoms with Gasteiger partial charge in [-0.2, -0.15) is 5.26 Å². The minimum absolute atomic E-state index is 0.00461. The molecule has 0 aliphatic carbocycles. The molecular weight excluding hydrogens is 432 g/mol. The topological polar surface area (TPSA) is 62.1 Å². The number of aryl methyl sites for hydroxylation is 1. The molecule has 0 radical (unpaired) electrons. The number of amides is 1. The minimum atomic E-state index is -0.494. The molecule has 0 aliphatic heterocycles. The summed E-state index contributed by atoms with van der Waals surface area (Å²) in [6, 6.07) is 28.5. The summed E-state index contributed by atoms with van der Waals surface area (Å²) in [7, 11) is 0. The summed E-state index contributed by atoms with van der Waals surface area (Å²) in [5.74, 6) is 0.216. The number of hydrogen-bond donors (Lipinski definition) is 1. The maximum atomic E-state index is 12.5. The third-order valence-electron chi connectivity index (χ3n) is 5.30. The lowest BCUT2D eigenvalue weighted by atomic mass is 10.0. The number of ether oxygens (including phenoxy) is 1. The van der Waals surface area contributed by atoms with E-state index in [1.54, 1.807) is 30.3 Å². The molecule has 0 unspecified atom stereocenters. The fraction of sp³-hybridized carbons (Fsp3) is 0.0714. The lowest BCUT2D eigenvalue weighted by Crippen LogP contribution is -2.13. The number of benzene rings is 4. The van der Waals surface area contributed by atoms with Crippen molar-refractivity contribution in [2.24, 2.45) is 0 Å². The summed E-state index contributed by atoms with van der Waals surface area (Å²) in [5, 5.41) is 15.0. The van der Waals surface area contributed by atoms with Crippen molar-refractivity contribution in [2.45, 2.75) is 13.5 Å². The van der Waals surface area contributed by atoms with Gasteiger partial charge in [-0.1, -0.05) is 66.2 Å². The molecule has 4 aromatic carbocycles. The van der Waals surface area contributed by atoms with Crippen molar-refractivity contribution < 1.29 is 9.53 Å². The van der Waals surface area contributed by atoms with Gasteiger partial charge in [0.05, 0.1) is 0 Å². The quantitative estimate of drug-likeness (QED) is 0.255. The molecule has 0 saturated carbocycles. The molecule has 4 rings (SSSR count). The Bertz CT molecular complexity index is 1390. The van der Waals surface area contributed by atoms with Crippen LogP contribution in [0.5, 0.6) is 5.75 Å². The number of fused-ring (bicyclic) bond motifs is 1. The van der Waals surface area contributed by atoms with E-state index in [1.165, 1.54) is 16.3 Å². The fourth-order valence-corrected chi connectivity index (χ4v) is 3.72. The maximum Gasteiger partial charge on any atom is 0.266 e. The van der Waals surface area contributed by atoms with E-state index in [9.17, 15) is 10.1 Å². The number of hydrogen-bond acceptors (Lipinski definition) is 3. The molecule has 0 saturated heterocycles. The predicted molar refractivity (Wildman–Crippen MR) is 133 cm³/mol. The summed E-state index contributed by atoms with van der Waals surface area (Å²) in [6.45, 7) is 2.53. The van der Waals surface area contributed by atoms with Gasteiger partial charge < -0.3 is 10.1 Å². The fourth-order valence-electron chi connectivity index (χ4n) is 3.53. The Labute approximate surface area is 197 Å². The number of halogens is 1. The zero-order valence-electron chi connectivity index (χ0n) is 18.0. The normalized spacial score (nSPS) is 11.1. The van der Waals surface area contributed by atoms with Crippen LogP contribution in [0.15, 0.2) is 90.5 Å². The van der Waals surface area contributed by atoms with Gasteiger partial charge in [0.15, 0.2) is 0 Å². The number of nitriles is 1. The minimum Gasteiger partial charge on any atom is -0.489 e.